The minimum atomic E-state index is -0.915. The van der Waals surface area contributed by atoms with Gasteiger partial charge in [0.2, 0.25) is 17.7 Å². The van der Waals surface area contributed by atoms with Crippen LogP contribution >= 0.6 is 11.3 Å². The number of likely N-dealkylation sites (tertiary alicyclic amines) is 1. The summed E-state index contributed by atoms with van der Waals surface area (Å²) in [5.74, 6) is 0.517. The molecule has 4 N–H and O–H groups in total. The summed E-state index contributed by atoms with van der Waals surface area (Å²) < 4.78 is 5.98. The van der Waals surface area contributed by atoms with Gasteiger partial charge in [-0.05, 0) is 43.0 Å². The Bertz CT molecular complexity index is 1300. The molecule has 1 aliphatic heterocycles. The van der Waals surface area contributed by atoms with Gasteiger partial charge in [0, 0.05) is 62.7 Å². The van der Waals surface area contributed by atoms with Crippen molar-refractivity contribution in [3.05, 3.63) is 41.7 Å². The quantitative estimate of drug-likeness (QED) is 0.357. The summed E-state index contributed by atoms with van der Waals surface area (Å²) in [5.41, 5.74) is 1.25. The van der Waals surface area contributed by atoms with Crippen LogP contribution in [0.5, 0.6) is 5.88 Å². The van der Waals surface area contributed by atoms with E-state index in [-0.39, 0.29) is 12.0 Å². The van der Waals surface area contributed by atoms with Gasteiger partial charge >= 0.3 is 6.09 Å². The van der Waals surface area contributed by atoms with Crippen LogP contribution in [0.1, 0.15) is 44.0 Å². The lowest BCUT2D eigenvalue weighted by atomic mass is 9.81. The Morgan fingerprint density at radius 3 is 2.59 bits per heavy atom. The molecule has 12 heteroatoms. The largest absolute Gasteiger partial charge is 0.474 e. The van der Waals surface area contributed by atoms with E-state index in [1.807, 2.05) is 12.1 Å². The van der Waals surface area contributed by atoms with E-state index in [2.05, 4.69) is 25.6 Å². The Labute approximate surface area is 217 Å². The molecule has 1 saturated carbocycles. The third-order valence-electron chi connectivity index (χ3n) is 6.51. The van der Waals surface area contributed by atoms with Gasteiger partial charge in [-0.3, -0.25) is 4.79 Å². The number of ether oxygens (including phenoxy) is 1. The van der Waals surface area contributed by atoms with Crippen LogP contribution in [0.15, 0.2) is 36.7 Å². The first-order valence-electron chi connectivity index (χ1n) is 12.1. The van der Waals surface area contributed by atoms with Gasteiger partial charge in [0.15, 0.2) is 0 Å². The highest BCUT2D eigenvalue weighted by Crippen LogP contribution is 2.44. The molecule has 2 aliphatic rings. The summed E-state index contributed by atoms with van der Waals surface area (Å²) in [6.45, 7) is 2.29. The van der Waals surface area contributed by atoms with Crippen LogP contribution in [0, 0.1) is 0 Å². The molecule has 2 fully saturated rings. The second-order valence-corrected chi connectivity index (χ2v) is 10.4. The molecule has 0 bridgehead atoms. The number of hydrogen-bond donors (Lipinski definition) is 4. The van der Waals surface area contributed by atoms with Crippen molar-refractivity contribution in [1.29, 1.82) is 0 Å². The standard InChI is InChI=1S/C25H28N6O5S/c1-15(32)28-17-11-16(20-14-27-22(37-20)25(35)6-2-7-25)12-18(13-17)29-23-26-8-3-21(30-23)36-19-4-9-31(10-5-19)24(33)34/h3,8,11-14,19,35H,2,4-7,9-10H2,1H3,(H,28,32)(H,33,34)(H,26,29,30). The SMILES string of the molecule is CC(=O)Nc1cc(Nc2nccc(OC3CCN(C(=O)O)CC3)n2)cc(-c2cnc(C3(O)CCC3)s2)c1. The Kier molecular flexibility index (Phi) is 6.94. The van der Waals surface area contributed by atoms with Gasteiger partial charge in [0.05, 0.1) is 4.88 Å². The lowest BCUT2D eigenvalue weighted by molar-refractivity contribution is -0.114. The summed E-state index contributed by atoms with van der Waals surface area (Å²) in [5, 5.41) is 26.5. The fourth-order valence-electron chi connectivity index (χ4n) is 4.40. The molecule has 1 saturated heterocycles. The molecule has 5 rings (SSSR count). The first-order valence-corrected chi connectivity index (χ1v) is 13.0. The highest BCUT2D eigenvalue weighted by molar-refractivity contribution is 7.15. The lowest BCUT2D eigenvalue weighted by Gasteiger charge is -2.34. The van der Waals surface area contributed by atoms with Crippen molar-refractivity contribution in [2.24, 2.45) is 0 Å². The number of carboxylic acid groups (broad SMARTS) is 1. The van der Waals surface area contributed by atoms with E-state index in [1.54, 1.807) is 24.5 Å². The second kappa shape index (κ2) is 10.3. The molecular formula is C25H28N6O5S. The number of aliphatic hydroxyl groups is 1. The van der Waals surface area contributed by atoms with Gasteiger partial charge in [0.25, 0.3) is 0 Å². The molecule has 11 nitrogen and oxygen atoms in total. The smallest absolute Gasteiger partial charge is 0.407 e. The molecular weight excluding hydrogens is 496 g/mol. The van der Waals surface area contributed by atoms with Crippen LogP contribution in [0.4, 0.5) is 22.1 Å². The van der Waals surface area contributed by atoms with E-state index in [4.69, 9.17) is 9.84 Å². The number of amides is 2. The van der Waals surface area contributed by atoms with Gasteiger partial charge in [-0.25, -0.2) is 14.8 Å². The first-order chi connectivity index (χ1) is 17.8. The Hall–Kier alpha value is -3.77. The normalized spacial score (nSPS) is 17.1. The van der Waals surface area contributed by atoms with Gasteiger partial charge in [0.1, 0.15) is 16.7 Å². The number of piperidine rings is 1. The fourth-order valence-corrected chi connectivity index (χ4v) is 5.45. The third-order valence-corrected chi connectivity index (χ3v) is 7.75. The number of anilines is 3. The average Bonchev–Trinajstić information content (AvgIpc) is 3.33. The van der Waals surface area contributed by atoms with E-state index >= 15 is 0 Å². The number of aromatic nitrogens is 3. The molecule has 194 valence electrons. The predicted octanol–water partition coefficient (Wildman–Crippen LogP) is 4.19. The molecule has 0 spiro atoms. The van der Waals surface area contributed by atoms with Crippen molar-refractivity contribution >= 4 is 40.7 Å². The maximum atomic E-state index is 11.8. The Morgan fingerprint density at radius 1 is 1.16 bits per heavy atom. The van der Waals surface area contributed by atoms with Crippen molar-refractivity contribution in [2.75, 3.05) is 23.7 Å². The zero-order valence-electron chi connectivity index (χ0n) is 20.3. The van der Waals surface area contributed by atoms with E-state index in [1.165, 1.54) is 23.2 Å². The Morgan fingerprint density at radius 2 is 1.92 bits per heavy atom. The lowest BCUT2D eigenvalue weighted by Crippen LogP contribution is -2.41. The van der Waals surface area contributed by atoms with Crippen LogP contribution in [-0.4, -0.2) is 61.3 Å². The van der Waals surface area contributed by atoms with Crippen molar-refractivity contribution in [2.45, 2.75) is 50.7 Å². The minimum Gasteiger partial charge on any atom is -0.474 e. The molecule has 0 atom stereocenters. The highest BCUT2D eigenvalue weighted by Gasteiger charge is 2.39. The monoisotopic (exact) mass is 524 g/mol. The molecule has 3 heterocycles. The summed E-state index contributed by atoms with van der Waals surface area (Å²) in [7, 11) is 0. The number of hydrogen-bond acceptors (Lipinski definition) is 9. The number of benzene rings is 1. The number of carbonyl (C=O) groups is 2. The van der Waals surface area contributed by atoms with Crippen molar-refractivity contribution in [1.82, 2.24) is 19.9 Å². The minimum absolute atomic E-state index is 0.126. The van der Waals surface area contributed by atoms with Crippen LogP contribution in [-0.2, 0) is 10.4 Å². The number of carbonyl (C=O) groups excluding carboxylic acids is 1. The van der Waals surface area contributed by atoms with Crippen molar-refractivity contribution in [3.8, 4) is 16.3 Å². The number of rotatable bonds is 7. The van der Waals surface area contributed by atoms with Crippen LogP contribution in [0.2, 0.25) is 0 Å². The molecule has 0 unspecified atom stereocenters. The van der Waals surface area contributed by atoms with Crippen molar-refractivity contribution in [3.63, 3.8) is 0 Å². The molecule has 37 heavy (non-hydrogen) atoms. The zero-order valence-corrected chi connectivity index (χ0v) is 21.1. The maximum absolute atomic E-state index is 11.8. The van der Waals surface area contributed by atoms with Crippen LogP contribution in [0.3, 0.4) is 0 Å². The molecule has 3 aromatic rings. The molecule has 0 radical (unpaired) electrons. The van der Waals surface area contributed by atoms with Gasteiger partial charge in [-0.1, -0.05) is 0 Å². The fraction of sp³-hybridized carbons (Fsp3) is 0.400. The van der Waals surface area contributed by atoms with E-state index in [0.717, 1.165) is 16.9 Å². The average molecular weight is 525 g/mol. The van der Waals surface area contributed by atoms with Gasteiger partial charge < -0.3 is 30.5 Å². The van der Waals surface area contributed by atoms with E-state index < -0.39 is 11.7 Å². The topological polar surface area (TPSA) is 150 Å². The summed E-state index contributed by atoms with van der Waals surface area (Å²) in [6, 6.07) is 7.22. The predicted molar refractivity (Wildman–Crippen MR) is 138 cm³/mol. The molecule has 1 aliphatic carbocycles. The van der Waals surface area contributed by atoms with E-state index in [9.17, 15) is 14.7 Å². The van der Waals surface area contributed by atoms with Crippen LogP contribution in [0.25, 0.3) is 10.4 Å². The second-order valence-electron chi connectivity index (χ2n) is 9.33. The molecule has 2 amide bonds. The van der Waals surface area contributed by atoms with E-state index in [0.29, 0.717) is 67.0 Å². The summed E-state index contributed by atoms with van der Waals surface area (Å²) in [6.07, 6.45) is 5.89. The van der Waals surface area contributed by atoms with Crippen molar-refractivity contribution < 1.29 is 24.5 Å². The number of nitrogens with one attached hydrogen (secondary N) is 2. The highest BCUT2D eigenvalue weighted by atomic mass is 32.1. The Balaban J connectivity index is 1.33. The molecule has 1 aromatic carbocycles. The number of nitrogens with zero attached hydrogens (tertiary/aromatic N) is 4. The van der Waals surface area contributed by atoms with Gasteiger partial charge in [-0.15, -0.1) is 11.3 Å². The number of thiazole rings is 1. The summed E-state index contributed by atoms with van der Waals surface area (Å²) >= 11 is 1.44. The molecule has 2 aromatic heterocycles. The van der Waals surface area contributed by atoms with Crippen LogP contribution < -0.4 is 15.4 Å². The zero-order chi connectivity index (χ0) is 26.0. The maximum Gasteiger partial charge on any atom is 0.407 e. The first kappa shape index (κ1) is 24.9. The summed E-state index contributed by atoms with van der Waals surface area (Å²) in [4.78, 5) is 38.3. The third kappa shape index (κ3) is 5.81. The van der Waals surface area contributed by atoms with Gasteiger partial charge in [-0.2, -0.15) is 4.98 Å².